The Morgan fingerprint density at radius 1 is 0.821 bits per heavy atom. The number of allylic oxidation sites excluding steroid dienone is 2. The summed E-state index contributed by atoms with van der Waals surface area (Å²) < 4.78 is 14.8. The van der Waals surface area contributed by atoms with Gasteiger partial charge in [-0.3, -0.25) is 0 Å². The first kappa shape index (κ1) is 17.5. The highest BCUT2D eigenvalue weighted by Crippen LogP contribution is 2.87. The summed E-state index contributed by atoms with van der Waals surface area (Å²) in [5.74, 6) is 0. The number of fused-ring (bicyclic) bond motifs is 2. The minimum Gasteiger partial charge on any atom is -0.318 e. The van der Waals surface area contributed by atoms with Gasteiger partial charge in [-0.15, -0.1) is 0 Å². The van der Waals surface area contributed by atoms with Crippen LogP contribution in [0, 0.1) is 5.41 Å². The Hall–Kier alpha value is -2.63. The van der Waals surface area contributed by atoms with Crippen molar-refractivity contribution in [2.75, 3.05) is 6.16 Å². The van der Waals surface area contributed by atoms with Crippen molar-refractivity contribution in [1.82, 2.24) is 0 Å². The van der Waals surface area contributed by atoms with Crippen LogP contribution in [-0.2, 0) is 4.57 Å². The van der Waals surface area contributed by atoms with Crippen LogP contribution in [0.2, 0.25) is 0 Å². The highest BCUT2D eigenvalue weighted by molar-refractivity contribution is 7.76. The first-order chi connectivity index (χ1) is 13.6. The van der Waals surface area contributed by atoms with Crippen molar-refractivity contribution in [3.63, 3.8) is 0 Å². The van der Waals surface area contributed by atoms with E-state index in [2.05, 4.69) is 62.0 Å². The molecule has 2 heterocycles. The summed E-state index contributed by atoms with van der Waals surface area (Å²) in [6, 6.07) is 31.0. The molecule has 3 aromatic carbocycles. The third kappa shape index (κ3) is 2.30. The maximum Gasteiger partial charge on any atom is 0.128 e. The highest BCUT2D eigenvalue weighted by Gasteiger charge is 2.62. The molecule has 0 radical (unpaired) electrons. The van der Waals surface area contributed by atoms with E-state index in [0.717, 1.165) is 27.6 Å². The van der Waals surface area contributed by atoms with Crippen LogP contribution in [0.15, 0.2) is 103 Å². The lowest BCUT2D eigenvalue weighted by Crippen LogP contribution is -2.20. The number of rotatable bonds is 3. The molecule has 0 aromatic heterocycles. The van der Waals surface area contributed by atoms with Crippen LogP contribution in [0.1, 0.15) is 29.3 Å². The van der Waals surface area contributed by atoms with Gasteiger partial charge >= 0.3 is 0 Å². The van der Waals surface area contributed by atoms with E-state index in [1.54, 1.807) is 0 Å². The first-order valence-corrected chi connectivity index (χ1v) is 11.7. The van der Waals surface area contributed by atoms with Gasteiger partial charge in [0.2, 0.25) is 0 Å². The summed E-state index contributed by atoms with van der Waals surface area (Å²) in [4.78, 5) is 0. The number of hydrogen-bond donors (Lipinski definition) is 0. The molecule has 0 amide bonds. The SMILES string of the molecule is C=C1[C@H](c2ccccc2)[P@@]2(=O)C[C@]1(C)C(c1ccccc1)=C2c1ccccc1. The lowest BCUT2D eigenvalue weighted by molar-refractivity contribution is 0.579. The second-order valence-electron chi connectivity index (χ2n) is 8.08. The number of hydrogen-bond acceptors (Lipinski definition) is 1. The standard InChI is InChI=1S/C26H23OP/c1-19-24(21-14-8-4-9-15-21)28(27)18-26(19,2)23(20-12-6-3-7-13-20)25(28)22-16-10-5-11-17-22/h3-17,24H,1,18H2,2H3/t24-,26+,28+/m1/s1. The second-order valence-corrected chi connectivity index (χ2v) is 11.0. The predicted octanol–water partition coefficient (Wildman–Crippen LogP) is 7.25. The first-order valence-electron chi connectivity index (χ1n) is 9.75. The fraction of sp³-hybridized carbons (Fsp3) is 0.154. The second kappa shape index (κ2) is 6.19. The van der Waals surface area contributed by atoms with Gasteiger partial charge in [-0.05, 0) is 22.3 Å². The average molecular weight is 382 g/mol. The molecule has 0 unspecified atom stereocenters. The molecule has 0 aliphatic carbocycles. The van der Waals surface area contributed by atoms with E-state index in [1.807, 2.05) is 42.5 Å². The van der Waals surface area contributed by atoms with Crippen molar-refractivity contribution in [2.45, 2.75) is 12.6 Å². The topological polar surface area (TPSA) is 17.1 Å². The van der Waals surface area contributed by atoms with E-state index in [9.17, 15) is 4.57 Å². The molecule has 138 valence electrons. The summed E-state index contributed by atoms with van der Waals surface area (Å²) in [5.41, 5.74) is 5.31. The molecule has 2 bridgehead atoms. The van der Waals surface area contributed by atoms with E-state index < -0.39 is 7.14 Å². The van der Waals surface area contributed by atoms with Gasteiger partial charge in [0.05, 0.1) is 5.66 Å². The summed E-state index contributed by atoms with van der Waals surface area (Å²) >= 11 is 0. The summed E-state index contributed by atoms with van der Waals surface area (Å²) in [6.07, 6.45) is 0.673. The molecule has 2 aliphatic rings. The lowest BCUT2D eigenvalue weighted by Gasteiger charge is -2.34. The zero-order valence-electron chi connectivity index (χ0n) is 16.0. The van der Waals surface area contributed by atoms with Crippen LogP contribution in [-0.4, -0.2) is 6.16 Å². The molecule has 1 nitrogen and oxygen atoms in total. The molecular weight excluding hydrogens is 359 g/mol. The minimum atomic E-state index is -2.70. The van der Waals surface area contributed by atoms with Gasteiger partial charge in [0.25, 0.3) is 0 Å². The Balaban J connectivity index is 1.83. The van der Waals surface area contributed by atoms with Crippen LogP contribution in [0.25, 0.3) is 10.9 Å². The van der Waals surface area contributed by atoms with Crippen LogP contribution in [0.4, 0.5) is 0 Å². The van der Waals surface area contributed by atoms with Crippen LogP contribution in [0.5, 0.6) is 0 Å². The molecule has 5 rings (SSSR count). The van der Waals surface area contributed by atoms with Crippen molar-refractivity contribution in [2.24, 2.45) is 5.41 Å². The molecule has 0 saturated carbocycles. The van der Waals surface area contributed by atoms with E-state index in [0.29, 0.717) is 6.16 Å². The molecule has 2 heteroatoms. The Bertz CT molecular complexity index is 1130. The maximum atomic E-state index is 14.8. The normalized spacial score (nSPS) is 28.8. The van der Waals surface area contributed by atoms with Gasteiger partial charge in [0, 0.05) is 16.9 Å². The van der Waals surface area contributed by atoms with Gasteiger partial charge in [0.1, 0.15) is 7.14 Å². The van der Waals surface area contributed by atoms with Crippen molar-refractivity contribution in [3.8, 4) is 0 Å². The maximum absolute atomic E-state index is 14.8. The van der Waals surface area contributed by atoms with Crippen molar-refractivity contribution in [1.29, 1.82) is 0 Å². The van der Waals surface area contributed by atoms with Crippen LogP contribution in [0.3, 0.4) is 0 Å². The summed E-state index contributed by atoms with van der Waals surface area (Å²) in [5, 5.41) is 1.06. The third-order valence-electron chi connectivity index (χ3n) is 6.40. The third-order valence-corrected chi connectivity index (χ3v) is 10.2. The Morgan fingerprint density at radius 3 is 1.89 bits per heavy atom. The molecule has 2 aliphatic heterocycles. The van der Waals surface area contributed by atoms with E-state index in [-0.39, 0.29) is 11.1 Å². The summed E-state index contributed by atoms with van der Waals surface area (Å²) in [6.45, 7) is 6.75. The van der Waals surface area contributed by atoms with Crippen molar-refractivity contribution < 1.29 is 4.57 Å². The van der Waals surface area contributed by atoms with Crippen molar-refractivity contribution in [3.05, 3.63) is 120 Å². The van der Waals surface area contributed by atoms with Crippen molar-refractivity contribution >= 4 is 18.0 Å². The summed E-state index contributed by atoms with van der Waals surface area (Å²) in [7, 11) is -2.70. The Labute approximate surface area is 166 Å². The Morgan fingerprint density at radius 2 is 1.32 bits per heavy atom. The van der Waals surface area contributed by atoms with Gasteiger partial charge in [0.15, 0.2) is 0 Å². The molecular formula is C26H23OP. The quantitative estimate of drug-likeness (QED) is 0.344. The molecule has 3 aromatic rings. The molecule has 1 saturated heterocycles. The molecule has 0 N–H and O–H groups in total. The zero-order chi connectivity index (χ0) is 19.4. The van der Waals surface area contributed by atoms with E-state index >= 15 is 0 Å². The average Bonchev–Trinajstić information content (AvgIpc) is 3.10. The molecule has 28 heavy (non-hydrogen) atoms. The largest absolute Gasteiger partial charge is 0.318 e. The molecule has 0 spiro atoms. The van der Waals surface area contributed by atoms with E-state index in [1.165, 1.54) is 5.57 Å². The lowest BCUT2D eigenvalue weighted by atomic mass is 9.72. The Kier molecular flexibility index (Phi) is 3.86. The van der Waals surface area contributed by atoms with Crippen LogP contribution < -0.4 is 0 Å². The van der Waals surface area contributed by atoms with Gasteiger partial charge < -0.3 is 4.57 Å². The smallest absolute Gasteiger partial charge is 0.128 e. The predicted molar refractivity (Wildman–Crippen MR) is 119 cm³/mol. The van der Waals surface area contributed by atoms with Gasteiger partial charge in [-0.1, -0.05) is 110 Å². The zero-order valence-corrected chi connectivity index (χ0v) is 16.9. The monoisotopic (exact) mass is 382 g/mol. The highest BCUT2D eigenvalue weighted by atomic mass is 31.2. The van der Waals surface area contributed by atoms with Crippen LogP contribution >= 0.6 is 7.14 Å². The molecule has 3 atom stereocenters. The fourth-order valence-corrected chi connectivity index (χ4v) is 9.89. The molecule has 1 fully saturated rings. The minimum absolute atomic E-state index is 0.0960. The van der Waals surface area contributed by atoms with E-state index in [4.69, 9.17) is 0 Å². The fourth-order valence-electron chi connectivity index (χ4n) is 5.21. The van der Waals surface area contributed by atoms with Gasteiger partial charge in [-0.25, -0.2) is 0 Å². The van der Waals surface area contributed by atoms with Gasteiger partial charge in [-0.2, -0.15) is 0 Å². The number of benzene rings is 3.